The van der Waals surface area contributed by atoms with Crippen molar-refractivity contribution in [3.63, 3.8) is 0 Å². The van der Waals surface area contributed by atoms with Crippen LogP contribution in [0, 0.1) is 0 Å². The highest BCUT2D eigenvalue weighted by Crippen LogP contribution is 2.35. The van der Waals surface area contributed by atoms with Crippen molar-refractivity contribution in [2.75, 3.05) is 40.0 Å². The highest BCUT2D eigenvalue weighted by Gasteiger charge is 2.39. The Morgan fingerprint density at radius 2 is 1.94 bits per heavy atom. The third-order valence-corrected chi connectivity index (χ3v) is 4.80. The fraction of sp³-hybridized carbons (Fsp3) is 1.00. The molecule has 0 aliphatic heterocycles. The molecule has 0 amide bonds. The van der Waals surface area contributed by atoms with Gasteiger partial charge in [0.15, 0.2) is 0 Å². The summed E-state index contributed by atoms with van der Waals surface area (Å²) >= 11 is 0. The molecule has 0 aromatic heterocycles. The lowest BCUT2D eigenvalue weighted by atomic mass is 9.76. The van der Waals surface area contributed by atoms with Crippen molar-refractivity contribution in [1.29, 1.82) is 0 Å². The number of sulfonamides is 1. The minimum absolute atomic E-state index is 0.0483. The Balaban J connectivity index is 2.44. The topological polar surface area (TPSA) is 61.4 Å². The van der Waals surface area contributed by atoms with E-state index in [1.165, 1.54) is 6.42 Å². The van der Waals surface area contributed by atoms with Crippen LogP contribution in [-0.4, -0.2) is 58.8 Å². The third kappa shape index (κ3) is 3.41. The Hall–Kier alpha value is -0.170. The normalized spacial score (nSPS) is 19.8. The summed E-state index contributed by atoms with van der Waals surface area (Å²) < 4.78 is 26.0. The highest BCUT2D eigenvalue weighted by molar-refractivity contribution is 7.89. The average Bonchev–Trinajstić information content (AvgIpc) is 2.12. The summed E-state index contributed by atoms with van der Waals surface area (Å²) in [5.41, 5.74) is 0.0483. The van der Waals surface area contributed by atoms with E-state index in [0.29, 0.717) is 13.1 Å². The van der Waals surface area contributed by atoms with Crippen LogP contribution < -0.4 is 10.0 Å². The molecule has 0 aromatic rings. The predicted molar refractivity (Wildman–Crippen MR) is 66.0 cm³/mol. The molecule has 0 radical (unpaired) electrons. The number of nitrogens with one attached hydrogen (secondary N) is 2. The van der Waals surface area contributed by atoms with Crippen LogP contribution >= 0.6 is 0 Å². The summed E-state index contributed by atoms with van der Waals surface area (Å²) in [6, 6.07) is 0. The van der Waals surface area contributed by atoms with Gasteiger partial charge >= 0.3 is 0 Å². The van der Waals surface area contributed by atoms with Crippen LogP contribution in [0.25, 0.3) is 0 Å². The first kappa shape index (κ1) is 13.9. The summed E-state index contributed by atoms with van der Waals surface area (Å²) in [6.07, 6.45) is 3.35. The number of hydrogen-bond acceptors (Lipinski definition) is 4. The number of hydrogen-bond donors (Lipinski definition) is 2. The molecule has 0 heterocycles. The van der Waals surface area contributed by atoms with Crippen LogP contribution in [0.3, 0.4) is 0 Å². The van der Waals surface area contributed by atoms with E-state index in [2.05, 4.69) is 14.9 Å². The number of rotatable bonds is 7. The molecule has 0 spiro atoms. The lowest BCUT2D eigenvalue weighted by molar-refractivity contribution is 0.0657. The summed E-state index contributed by atoms with van der Waals surface area (Å²) in [5, 5.41) is 2.84. The van der Waals surface area contributed by atoms with Gasteiger partial charge in [0.1, 0.15) is 0 Å². The lowest BCUT2D eigenvalue weighted by Crippen LogP contribution is -2.57. The highest BCUT2D eigenvalue weighted by atomic mass is 32.2. The minimum atomic E-state index is -3.13. The van der Waals surface area contributed by atoms with Gasteiger partial charge in [-0.2, -0.15) is 0 Å². The molecule has 0 atom stereocenters. The third-order valence-electron chi connectivity index (χ3n) is 3.47. The van der Waals surface area contributed by atoms with E-state index in [1.54, 1.807) is 7.05 Å². The molecule has 0 aromatic carbocycles. The molecule has 5 nitrogen and oxygen atoms in total. The zero-order valence-electron chi connectivity index (χ0n) is 10.4. The van der Waals surface area contributed by atoms with Gasteiger partial charge in [-0.05, 0) is 40.4 Å². The molecular weight excluding hydrogens is 226 g/mol. The van der Waals surface area contributed by atoms with Crippen LogP contribution in [0.4, 0.5) is 0 Å². The predicted octanol–water partition coefficient (Wildman–Crippen LogP) is -0.390. The van der Waals surface area contributed by atoms with Gasteiger partial charge in [0.05, 0.1) is 5.75 Å². The maximum Gasteiger partial charge on any atom is 0.212 e. The summed E-state index contributed by atoms with van der Waals surface area (Å²) in [5.74, 6) is 0.146. The van der Waals surface area contributed by atoms with E-state index < -0.39 is 10.0 Å². The summed E-state index contributed by atoms with van der Waals surface area (Å²) in [6.45, 7) is 1.02. The molecule has 0 bridgehead atoms. The van der Waals surface area contributed by atoms with E-state index in [-0.39, 0.29) is 11.3 Å². The van der Waals surface area contributed by atoms with Gasteiger partial charge in [0.25, 0.3) is 0 Å². The Morgan fingerprint density at radius 1 is 1.31 bits per heavy atom. The Morgan fingerprint density at radius 3 is 2.31 bits per heavy atom. The molecule has 0 unspecified atom stereocenters. The molecule has 2 N–H and O–H groups in total. The maximum atomic E-state index is 11.6. The zero-order chi connectivity index (χ0) is 12.2. The van der Waals surface area contributed by atoms with Gasteiger partial charge in [0, 0.05) is 18.6 Å². The molecule has 6 heteroatoms. The molecule has 1 aliphatic rings. The SMILES string of the molecule is CNCCS(=O)(=O)NCC1(N(C)C)CCC1. The van der Waals surface area contributed by atoms with E-state index in [1.807, 2.05) is 14.1 Å². The van der Waals surface area contributed by atoms with Gasteiger partial charge in [-0.3, -0.25) is 0 Å². The van der Waals surface area contributed by atoms with E-state index in [9.17, 15) is 8.42 Å². The Labute approximate surface area is 98.6 Å². The Kier molecular flexibility index (Phi) is 4.73. The van der Waals surface area contributed by atoms with Crippen LogP contribution in [0.5, 0.6) is 0 Å². The van der Waals surface area contributed by atoms with Gasteiger partial charge in [-0.15, -0.1) is 0 Å². The van der Waals surface area contributed by atoms with Gasteiger partial charge < -0.3 is 10.2 Å². The van der Waals surface area contributed by atoms with Crippen molar-refractivity contribution in [3.05, 3.63) is 0 Å². The van der Waals surface area contributed by atoms with Crippen molar-refractivity contribution >= 4 is 10.0 Å². The molecule has 1 rings (SSSR count). The maximum absolute atomic E-state index is 11.6. The summed E-state index contributed by atoms with van der Waals surface area (Å²) in [4.78, 5) is 2.14. The van der Waals surface area contributed by atoms with E-state index in [4.69, 9.17) is 0 Å². The van der Waals surface area contributed by atoms with Crippen LogP contribution in [0.2, 0.25) is 0 Å². The second-order valence-electron chi connectivity index (χ2n) is 4.72. The average molecular weight is 249 g/mol. The zero-order valence-corrected chi connectivity index (χ0v) is 11.2. The molecule has 16 heavy (non-hydrogen) atoms. The fourth-order valence-corrected chi connectivity index (χ4v) is 3.03. The number of likely N-dealkylation sites (N-methyl/N-ethyl adjacent to an activating group) is 1. The molecule has 96 valence electrons. The molecule has 1 saturated carbocycles. The van der Waals surface area contributed by atoms with Crippen LogP contribution in [0.1, 0.15) is 19.3 Å². The van der Waals surface area contributed by atoms with E-state index >= 15 is 0 Å². The van der Waals surface area contributed by atoms with Crippen molar-refractivity contribution in [2.24, 2.45) is 0 Å². The fourth-order valence-electron chi connectivity index (χ4n) is 1.92. The standard InChI is InChI=1S/C10H23N3O2S/c1-11-7-8-16(14,15)12-9-10(13(2)3)5-4-6-10/h11-12H,4-9H2,1-3H3. The molecular formula is C10H23N3O2S. The first-order valence-electron chi connectivity index (χ1n) is 5.71. The first-order chi connectivity index (χ1) is 7.42. The monoisotopic (exact) mass is 249 g/mol. The van der Waals surface area contributed by atoms with Crippen LogP contribution in [-0.2, 0) is 10.0 Å². The second kappa shape index (κ2) is 5.44. The second-order valence-corrected chi connectivity index (χ2v) is 6.64. The quantitative estimate of drug-likeness (QED) is 0.645. The summed E-state index contributed by atoms with van der Waals surface area (Å²) in [7, 11) is 2.66. The van der Waals surface area contributed by atoms with Crippen molar-refractivity contribution < 1.29 is 8.42 Å². The number of nitrogens with zero attached hydrogens (tertiary/aromatic N) is 1. The Bertz CT molecular complexity index is 310. The molecule has 1 aliphatic carbocycles. The van der Waals surface area contributed by atoms with Crippen molar-refractivity contribution in [2.45, 2.75) is 24.8 Å². The first-order valence-corrected chi connectivity index (χ1v) is 7.36. The largest absolute Gasteiger partial charge is 0.319 e. The van der Waals surface area contributed by atoms with Crippen molar-refractivity contribution in [3.8, 4) is 0 Å². The lowest BCUT2D eigenvalue weighted by Gasteiger charge is -2.47. The van der Waals surface area contributed by atoms with Crippen molar-refractivity contribution in [1.82, 2.24) is 14.9 Å². The van der Waals surface area contributed by atoms with Crippen LogP contribution in [0.15, 0.2) is 0 Å². The minimum Gasteiger partial charge on any atom is -0.319 e. The van der Waals surface area contributed by atoms with Gasteiger partial charge in [-0.1, -0.05) is 0 Å². The smallest absolute Gasteiger partial charge is 0.212 e. The van der Waals surface area contributed by atoms with Gasteiger partial charge in [0.2, 0.25) is 10.0 Å². The van der Waals surface area contributed by atoms with Gasteiger partial charge in [-0.25, -0.2) is 13.1 Å². The van der Waals surface area contributed by atoms with E-state index in [0.717, 1.165) is 12.8 Å². The molecule has 1 fully saturated rings. The molecule has 0 saturated heterocycles.